The summed E-state index contributed by atoms with van der Waals surface area (Å²) in [4.78, 5) is 22.2. The average molecular weight is 252 g/mol. The maximum absolute atomic E-state index is 11.9. The van der Waals surface area contributed by atoms with Crippen molar-refractivity contribution in [3.63, 3.8) is 0 Å². The van der Waals surface area contributed by atoms with Gasteiger partial charge in [-0.2, -0.15) is 0 Å². The van der Waals surface area contributed by atoms with Gasteiger partial charge in [0.2, 0.25) is 6.79 Å². The molecule has 2 rings (SSSR count). The third kappa shape index (κ3) is 2.25. The van der Waals surface area contributed by atoms with Crippen molar-refractivity contribution in [1.82, 2.24) is 5.32 Å². The molecule has 1 aliphatic heterocycles. The number of nitrogens with one attached hydrogen (secondary N) is 1. The lowest BCUT2D eigenvalue weighted by molar-refractivity contribution is -0.385. The van der Waals surface area contributed by atoms with Gasteiger partial charge in [-0.25, -0.2) is 0 Å². The Kier molecular flexibility index (Phi) is 3.42. The molecule has 0 saturated heterocycles. The van der Waals surface area contributed by atoms with Crippen LogP contribution in [0, 0.1) is 10.1 Å². The summed E-state index contributed by atoms with van der Waals surface area (Å²) < 4.78 is 10.2. The molecule has 1 heterocycles. The summed E-state index contributed by atoms with van der Waals surface area (Å²) in [5.74, 6) is 0.370. The van der Waals surface area contributed by atoms with E-state index in [9.17, 15) is 14.9 Å². The minimum atomic E-state index is -0.589. The molecule has 0 aliphatic carbocycles. The highest BCUT2D eigenvalue weighted by Gasteiger charge is 2.26. The number of hydrogen-bond donors (Lipinski definition) is 1. The molecule has 1 aromatic rings. The van der Waals surface area contributed by atoms with Gasteiger partial charge < -0.3 is 14.8 Å². The van der Waals surface area contributed by atoms with E-state index in [1.165, 1.54) is 12.1 Å². The Morgan fingerprint density at radius 1 is 1.44 bits per heavy atom. The first-order valence-electron chi connectivity index (χ1n) is 5.39. The van der Waals surface area contributed by atoms with Crippen molar-refractivity contribution in [2.45, 2.75) is 6.42 Å². The van der Waals surface area contributed by atoms with Gasteiger partial charge in [0.15, 0.2) is 17.3 Å². The Bertz CT molecular complexity index is 500. The van der Waals surface area contributed by atoms with Gasteiger partial charge in [-0.05, 0) is 7.05 Å². The summed E-state index contributed by atoms with van der Waals surface area (Å²) in [6.07, 6.45) is 0.191. The lowest BCUT2D eigenvalue weighted by Gasteiger charge is -2.04. The summed E-state index contributed by atoms with van der Waals surface area (Å²) in [6, 6.07) is 2.60. The number of benzene rings is 1. The quantitative estimate of drug-likeness (QED) is 0.479. The van der Waals surface area contributed by atoms with Gasteiger partial charge in [-0.15, -0.1) is 0 Å². The highest BCUT2D eigenvalue weighted by molar-refractivity contribution is 6.00. The number of hydrogen-bond acceptors (Lipinski definition) is 6. The highest BCUT2D eigenvalue weighted by atomic mass is 16.7. The lowest BCUT2D eigenvalue weighted by Crippen LogP contribution is -2.14. The fourth-order valence-corrected chi connectivity index (χ4v) is 1.68. The van der Waals surface area contributed by atoms with E-state index in [0.29, 0.717) is 18.0 Å². The van der Waals surface area contributed by atoms with Gasteiger partial charge in [0.05, 0.1) is 16.6 Å². The van der Waals surface area contributed by atoms with E-state index in [2.05, 4.69) is 5.32 Å². The first-order valence-corrected chi connectivity index (χ1v) is 5.39. The molecule has 7 heteroatoms. The fourth-order valence-electron chi connectivity index (χ4n) is 1.68. The Balaban J connectivity index is 2.38. The number of carbonyl (C=O) groups is 1. The lowest BCUT2D eigenvalue weighted by atomic mass is 10.1. The zero-order valence-corrected chi connectivity index (χ0v) is 9.76. The van der Waals surface area contributed by atoms with Crippen molar-refractivity contribution in [2.75, 3.05) is 20.4 Å². The molecule has 1 aromatic carbocycles. The Labute approximate surface area is 103 Å². The van der Waals surface area contributed by atoms with E-state index >= 15 is 0 Å². The third-order valence-electron chi connectivity index (χ3n) is 2.59. The molecule has 0 unspecified atom stereocenters. The standard InChI is InChI=1S/C11H12N2O5/c1-12-3-2-9(14)7-4-10-11(18-6-17-10)5-8(7)13(15)16/h4-5,12H,2-3,6H2,1H3. The van der Waals surface area contributed by atoms with E-state index in [1.54, 1.807) is 7.05 Å². The van der Waals surface area contributed by atoms with E-state index in [0.717, 1.165) is 0 Å². The van der Waals surface area contributed by atoms with E-state index in [1.807, 2.05) is 0 Å². The Hall–Kier alpha value is -2.15. The number of nitrogens with zero attached hydrogens (tertiary/aromatic N) is 1. The number of fused-ring (bicyclic) bond motifs is 1. The second kappa shape index (κ2) is 5.01. The van der Waals surface area contributed by atoms with Crippen LogP contribution in [0.3, 0.4) is 0 Å². The van der Waals surface area contributed by atoms with Crippen molar-refractivity contribution in [2.24, 2.45) is 0 Å². The molecule has 0 aromatic heterocycles. The fraction of sp³-hybridized carbons (Fsp3) is 0.364. The smallest absolute Gasteiger partial charge is 0.284 e. The second-order valence-electron chi connectivity index (χ2n) is 3.76. The van der Waals surface area contributed by atoms with E-state index in [-0.39, 0.29) is 30.2 Å². The highest BCUT2D eigenvalue weighted by Crippen LogP contribution is 2.38. The number of ketones is 1. The van der Waals surface area contributed by atoms with Crippen molar-refractivity contribution >= 4 is 11.5 Å². The van der Waals surface area contributed by atoms with Crippen LogP contribution in [0.4, 0.5) is 5.69 Å². The van der Waals surface area contributed by atoms with E-state index in [4.69, 9.17) is 9.47 Å². The number of nitro groups is 1. The molecule has 0 radical (unpaired) electrons. The number of ether oxygens (including phenoxy) is 2. The maximum Gasteiger partial charge on any atom is 0.284 e. The van der Waals surface area contributed by atoms with Crippen molar-refractivity contribution in [3.8, 4) is 11.5 Å². The van der Waals surface area contributed by atoms with Gasteiger partial charge in [0, 0.05) is 19.0 Å². The van der Waals surface area contributed by atoms with Gasteiger partial charge in [-0.3, -0.25) is 14.9 Å². The molecular formula is C11H12N2O5. The monoisotopic (exact) mass is 252 g/mol. The third-order valence-corrected chi connectivity index (χ3v) is 2.59. The molecule has 1 N–H and O–H groups in total. The summed E-state index contributed by atoms with van der Waals surface area (Å²) in [6.45, 7) is 0.477. The first-order chi connectivity index (χ1) is 8.63. The van der Waals surface area contributed by atoms with Crippen LogP contribution in [-0.4, -0.2) is 31.1 Å². The largest absolute Gasteiger partial charge is 0.454 e. The summed E-state index contributed by atoms with van der Waals surface area (Å²) in [5, 5.41) is 13.8. The van der Waals surface area contributed by atoms with Crippen LogP contribution in [-0.2, 0) is 0 Å². The normalized spacial score (nSPS) is 12.5. The van der Waals surface area contributed by atoms with Crippen molar-refractivity contribution in [1.29, 1.82) is 0 Å². The van der Waals surface area contributed by atoms with Gasteiger partial charge in [0.1, 0.15) is 0 Å². The van der Waals surface area contributed by atoms with Crippen LogP contribution in [0.5, 0.6) is 11.5 Å². The molecule has 0 bridgehead atoms. The summed E-state index contributed by atoms with van der Waals surface area (Å²) in [5.41, 5.74) is -0.195. The minimum Gasteiger partial charge on any atom is -0.454 e. The molecule has 7 nitrogen and oxygen atoms in total. The predicted octanol–water partition coefficient (Wildman–Crippen LogP) is 1.12. The maximum atomic E-state index is 11.9. The summed E-state index contributed by atoms with van der Waals surface area (Å²) in [7, 11) is 1.71. The summed E-state index contributed by atoms with van der Waals surface area (Å²) >= 11 is 0. The van der Waals surface area contributed by atoms with Crippen molar-refractivity contribution < 1.29 is 19.2 Å². The molecular weight excluding hydrogens is 240 g/mol. The van der Waals surface area contributed by atoms with Crippen LogP contribution < -0.4 is 14.8 Å². The van der Waals surface area contributed by atoms with Crippen molar-refractivity contribution in [3.05, 3.63) is 27.8 Å². The van der Waals surface area contributed by atoms with Crippen LogP contribution in [0.1, 0.15) is 16.8 Å². The van der Waals surface area contributed by atoms with Gasteiger partial charge in [0.25, 0.3) is 5.69 Å². The Morgan fingerprint density at radius 2 is 2.11 bits per heavy atom. The van der Waals surface area contributed by atoms with Crippen LogP contribution in [0.15, 0.2) is 12.1 Å². The van der Waals surface area contributed by atoms with E-state index < -0.39 is 4.92 Å². The molecule has 0 atom stereocenters. The van der Waals surface area contributed by atoms with Crippen LogP contribution in [0.2, 0.25) is 0 Å². The van der Waals surface area contributed by atoms with Crippen LogP contribution in [0.25, 0.3) is 0 Å². The Morgan fingerprint density at radius 3 is 2.72 bits per heavy atom. The predicted molar refractivity (Wildman–Crippen MR) is 62.1 cm³/mol. The molecule has 18 heavy (non-hydrogen) atoms. The molecule has 0 spiro atoms. The van der Waals surface area contributed by atoms with Gasteiger partial charge in [-0.1, -0.05) is 0 Å². The number of carbonyl (C=O) groups excluding carboxylic acids is 1. The van der Waals surface area contributed by atoms with Gasteiger partial charge >= 0.3 is 0 Å². The average Bonchev–Trinajstić information content (AvgIpc) is 2.81. The number of nitro benzene ring substituents is 1. The SMILES string of the molecule is CNCCC(=O)c1cc2c(cc1[N+](=O)[O-])OCO2. The molecule has 96 valence electrons. The second-order valence-corrected chi connectivity index (χ2v) is 3.76. The number of Topliss-reactive ketones (excluding diaryl/α,β-unsaturated/α-hetero) is 1. The topological polar surface area (TPSA) is 90.7 Å². The first kappa shape index (κ1) is 12.3. The zero-order chi connectivity index (χ0) is 13.1. The molecule has 0 saturated carbocycles. The molecule has 0 fully saturated rings. The minimum absolute atomic E-state index is 0.0145. The number of rotatable bonds is 5. The zero-order valence-electron chi connectivity index (χ0n) is 9.76. The van der Waals surface area contributed by atoms with Crippen LogP contribution >= 0.6 is 0 Å². The molecule has 0 amide bonds. The molecule has 1 aliphatic rings.